The van der Waals surface area contributed by atoms with Gasteiger partial charge in [0.15, 0.2) is 17.8 Å². The lowest BCUT2D eigenvalue weighted by Crippen LogP contribution is -2.50. The Morgan fingerprint density at radius 1 is 0.818 bits per heavy atom. The Morgan fingerprint density at radius 2 is 1.31 bits per heavy atom. The molecular formula is C30H41N4O20P. The molecule has 0 saturated carbocycles. The maximum atomic E-state index is 14.5. The molecule has 0 radical (unpaired) electrons. The number of rotatable bonds is 25. The van der Waals surface area contributed by atoms with Crippen LogP contribution in [0.4, 0.5) is 0 Å². The molecule has 306 valence electrons. The van der Waals surface area contributed by atoms with Crippen LogP contribution in [0.3, 0.4) is 0 Å². The van der Waals surface area contributed by atoms with E-state index in [-0.39, 0.29) is 25.8 Å². The first-order valence-electron chi connectivity index (χ1n) is 16.2. The standard InChI is InChI=1S/C30H41N4O20P/c1-5-47-27(44)30(13-50-18(4)38,28(45)48-6-2)15-53-55(46,52-14-29(12-49-17(3)37,20(39)7-9-35)21(40)8-10-36)51-11-19-22(41)23(42)26(54-19)34-16-32-25(33-34)24(31)43/h9-10,16,19,22-23,26,41-42H,5-8,11-15H2,1-4H3,(H2,31,43). The number of aldehydes is 2. The number of nitrogens with zero attached hydrogens (tertiary/aromatic N) is 3. The summed E-state index contributed by atoms with van der Waals surface area (Å²) in [6.07, 6.45) is -7.78. The smallest absolute Gasteiger partial charge is 0.465 e. The van der Waals surface area contributed by atoms with E-state index in [0.717, 1.165) is 24.9 Å². The quantitative estimate of drug-likeness (QED) is 0.0307. The SMILES string of the molecule is CCOC(=O)C(COC(C)=O)(COP(=O)(OCC1OC(n2cnc(C(N)=O)n2)C(O)C1O)OCC(COC(C)=O)(C(=O)CC=O)C(=O)CC=O)C(=O)OCC. The molecule has 0 aliphatic carbocycles. The molecular weight excluding hydrogens is 767 g/mol. The number of phosphoric ester groups is 1. The molecule has 1 saturated heterocycles. The van der Waals surface area contributed by atoms with Crippen molar-refractivity contribution < 1.29 is 95.2 Å². The average Bonchev–Trinajstić information content (AvgIpc) is 3.72. The zero-order valence-corrected chi connectivity index (χ0v) is 30.9. The van der Waals surface area contributed by atoms with Crippen molar-refractivity contribution in [1.29, 1.82) is 0 Å². The number of Topliss-reactive ketones (excluding diaryl/α,β-unsaturated/α-hetero) is 2. The first kappa shape index (κ1) is 46.3. The monoisotopic (exact) mass is 808 g/mol. The fourth-order valence-electron chi connectivity index (χ4n) is 4.66. The number of aliphatic hydroxyl groups is 2. The molecule has 1 aliphatic rings. The molecule has 4 N–H and O–H groups in total. The summed E-state index contributed by atoms with van der Waals surface area (Å²) < 4.78 is 56.7. The highest BCUT2D eigenvalue weighted by atomic mass is 31.2. The van der Waals surface area contributed by atoms with Gasteiger partial charge in [0.1, 0.15) is 55.8 Å². The average molecular weight is 809 g/mol. The van der Waals surface area contributed by atoms with Crippen molar-refractivity contribution in [2.45, 2.75) is 65.1 Å². The second-order valence-electron chi connectivity index (χ2n) is 11.5. The molecule has 1 aromatic heterocycles. The molecule has 5 unspecified atom stereocenters. The summed E-state index contributed by atoms with van der Waals surface area (Å²) in [6.45, 7) is -2.24. The molecule has 25 heteroatoms. The van der Waals surface area contributed by atoms with E-state index < -0.39 is 136 Å². The van der Waals surface area contributed by atoms with Crippen LogP contribution in [0.5, 0.6) is 0 Å². The Kier molecular flexibility index (Phi) is 17.5. The van der Waals surface area contributed by atoms with E-state index in [2.05, 4.69) is 10.1 Å². The lowest BCUT2D eigenvalue weighted by molar-refractivity contribution is -0.181. The van der Waals surface area contributed by atoms with E-state index in [4.69, 9.17) is 43.0 Å². The predicted molar refractivity (Wildman–Crippen MR) is 173 cm³/mol. The van der Waals surface area contributed by atoms with E-state index in [9.17, 15) is 57.9 Å². The molecule has 2 rings (SSSR count). The molecule has 55 heavy (non-hydrogen) atoms. The van der Waals surface area contributed by atoms with Crippen LogP contribution < -0.4 is 5.73 Å². The van der Waals surface area contributed by atoms with Gasteiger partial charge in [-0.15, -0.1) is 5.10 Å². The second-order valence-corrected chi connectivity index (χ2v) is 13.2. The molecule has 24 nitrogen and oxygen atoms in total. The number of carbonyl (C=O) groups excluding carboxylic acids is 9. The highest BCUT2D eigenvalue weighted by molar-refractivity contribution is 7.48. The van der Waals surface area contributed by atoms with Gasteiger partial charge in [-0.25, -0.2) is 14.2 Å². The third kappa shape index (κ3) is 11.8. The fraction of sp³-hybridized carbons (Fsp3) is 0.633. The number of nitrogens with two attached hydrogens (primary N) is 1. The molecule has 1 fully saturated rings. The van der Waals surface area contributed by atoms with Crippen LogP contribution in [-0.2, 0) is 80.2 Å². The minimum absolute atomic E-state index is 0.0791. The molecule has 1 aromatic rings. The minimum Gasteiger partial charge on any atom is -0.465 e. The van der Waals surface area contributed by atoms with Crippen LogP contribution in [0, 0.1) is 10.8 Å². The van der Waals surface area contributed by atoms with Gasteiger partial charge in [0.05, 0.1) is 45.9 Å². The summed E-state index contributed by atoms with van der Waals surface area (Å²) in [5.74, 6) is -8.91. The first-order valence-corrected chi connectivity index (χ1v) is 17.6. The van der Waals surface area contributed by atoms with Gasteiger partial charge < -0.3 is 49.2 Å². The fourth-order valence-corrected chi connectivity index (χ4v) is 5.97. The van der Waals surface area contributed by atoms with Crippen molar-refractivity contribution in [2.75, 3.05) is 46.2 Å². The number of ether oxygens (including phenoxy) is 5. The zero-order chi connectivity index (χ0) is 41.6. The normalized spacial score (nSPS) is 19.4. The molecule has 5 atom stereocenters. The molecule has 0 bridgehead atoms. The number of hydrogen-bond donors (Lipinski definition) is 3. The van der Waals surface area contributed by atoms with Gasteiger partial charge in [0, 0.05) is 13.8 Å². The Bertz CT molecular complexity index is 1610. The van der Waals surface area contributed by atoms with Crippen molar-refractivity contribution in [1.82, 2.24) is 14.8 Å². The van der Waals surface area contributed by atoms with Gasteiger partial charge in [-0.2, -0.15) is 0 Å². The summed E-state index contributed by atoms with van der Waals surface area (Å²) in [5, 5.41) is 25.1. The maximum Gasteiger partial charge on any atom is 0.474 e. The zero-order valence-electron chi connectivity index (χ0n) is 30.0. The predicted octanol–water partition coefficient (Wildman–Crippen LogP) is -2.30. The first-order chi connectivity index (χ1) is 25.9. The van der Waals surface area contributed by atoms with Crippen LogP contribution >= 0.6 is 7.82 Å². The van der Waals surface area contributed by atoms with Gasteiger partial charge in [-0.1, -0.05) is 0 Å². The highest BCUT2D eigenvalue weighted by Crippen LogP contribution is 2.53. The van der Waals surface area contributed by atoms with Gasteiger partial charge in [0.25, 0.3) is 5.91 Å². The van der Waals surface area contributed by atoms with Crippen molar-refractivity contribution in [3.63, 3.8) is 0 Å². The largest absolute Gasteiger partial charge is 0.474 e. The van der Waals surface area contributed by atoms with Crippen molar-refractivity contribution in [3.8, 4) is 0 Å². The number of amides is 1. The Hall–Kier alpha value is -4.84. The van der Waals surface area contributed by atoms with Gasteiger partial charge >= 0.3 is 31.7 Å². The third-order valence-corrected chi connectivity index (χ3v) is 9.00. The highest BCUT2D eigenvalue weighted by Gasteiger charge is 2.54. The summed E-state index contributed by atoms with van der Waals surface area (Å²) in [6, 6.07) is 0. The number of hydrogen-bond acceptors (Lipinski definition) is 22. The number of phosphoric acid groups is 1. The van der Waals surface area contributed by atoms with Crippen LogP contribution in [0.25, 0.3) is 0 Å². The lowest BCUT2D eigenvalue weighted by Gasteiger charge is -2.32. The van der Waals surface area contributed by atoms with E-state index >= 15 is 0 Å². The molecule has 1 aliphatic heterocycles. The van der Waals surface area contributed by atoms with Crippen LogP contribution in [0.15, 0.2) is 6.33 Å². The van der Waals surface area contributed by atoms with Gasteiger partial charge in [-0.3, -0.25) is 47.1 Å². The number of esters is 4. The number of ketones is 2. The number of carbonyl (C=O) groups is 9. The minimum atomic E-state index is -5.49. The van der Waals surface area contributed by atoms with E-state index in [0.29, 0.717) is 0 Å². The van der Waals surface area contributed by atoms with E-state index in [1.807, 2.05) is 0 Å². The van der Waals surface area contributed by atoms with Crippen LogP contribution in [-0.4, -0.2) is 143 Å². The second kappa shape index (κ2) is 20.7. The molecule has 1 amide bonds. The molecule has 0 aromatic carbocycles. The summed E-state index contributed by atoms with van der Waals surface area (Å²) >= 11 is 0. The van der Waals surface area contributed by atoms with Crippen molar-refractivity contribution >= 4 is 61.7 Å². The maximum absolute atomic E-state index is 14.5. The van der Waals surface area contributed by atoms with Crippen molar-refractivity contribution in [3.05, 3.63) is 12.2 Å². The number of primary amides is 1. The van der Waals surface area contributed by atoms with Gasteiger partial charge in [-0.05, 0) is 13.8 Å². The molecule has 2 heterocycles. The topological polar surface area (TPSA) is 342 Å². The Morgan fingerprint density at radius 3 is 1.75 bits per heavy atom. The Balaban J connectivity index is 2.64. The van der Waals surface area contributed by atoms with Crippen LogP contribution in [0.2, 0.25) is 0 Å². The molecule has 0 spiro atoms. The summed E-state index contributed by atoms with van der Waals surface area (Å²) in [7, 11) is -5.49. The van der Waals surface area contributed by atoms with E-state index in [1.165, 1.54) is 13.8 Å². The number of aliphatic hydroxyl groups excluding tert-OH is 2. The third-order valence-electron chi connectivity index (χ3n) is 7.64. The van der Waals surface area contributed by atoms with Gasteiger partial charge in [0.2, 0.25) is 11.2 Å². The number of aromatic nitrogens is 3. The van der Waals surface area contributed by atoms with Crippen molar-refractivity contribution in [2.24, 2.45) is 16.6 Å². The van der Waals surface area contributed by atoms with E-state index in [1.54, 1.807) is 0 Å². The lowest BCUT2D eigenvalue weighted by atomic mass is 9.78. The summed E-state index contributed by atoms with van der Waals surface area (Å²) in [5.41, 5.74) is -0.291. The summed E-state index contributed by atoms with van der Waals surface area (Å²) in [4.78, 5) is 114. The Labute approximate surface area is 311 Å². The van der Waals surface area contributed by atoms with Crippen LogP contribution in [0.1, 0.15) is 57.4 Å².